The van der Waals surface area contributed by atoms with Gasteiger partial charge in [0.25, 0.3) is 0 Å². The Morgan fingerprint density at radius 3 is 1.73 bits per heavy atom. The molecular formula is C28H38NP. The molecule has 1 N–H and O–H groups in total. The van der Waals surface area contributed by atoms with Gasteiger partial charge in [-0.3, -0.25) is 5.09 Å². The maximum atomic E-state index is 4.10. The van der Waals surface area contributed by atoms with E-state index in [4.69, 9.17) is 0 Å². The van der Waals surface area contributed by atoms with Crippen LogP contribution in [0.2, 0.25) is 0 Å². The Kier molecular flexibility index (Phi) is 6.59. The van der Waals surface area contributed by atoms with E-state index in [2.05, 4.69) is 48.4 Å². The molecule has 0 aromatic heterocycles. The van der Waals surface area contributed by atoms with Crippen molar-refractivity contribution in [1.29, 1.82) is 0 Å². The Morgan fingerprint density at radius 1 is 0.733 bits per heavy atom. The molecule has 160 valence electrons. The fourth-order valence-corrected chi connectivity index (χ4v) is 9.10. The molecule has 30 heavy (non-hydrogen) atoms. The van der Waals surface area contributed by atoms with Gasteiger partial charge in [-0.15, -0.1) is 0 Å². The number of hydrogen-bond donors (Lipinski definition) is 1. The zero-order chi connectivity index (χ0) is 20.3. The summed E-state index contributed by atoms with van der Waals surface area (Å²) in [6.07, 6.45) is 16.0. The molecule has 1 saturated heterocycles. The van der Waals surface area contributed by atoms with Crippen LogP contribution in [0.25, 0.3) is 0 Å². The first kappa shape index (κ1) is 20.7. The van der Waals surface area contributed by atoms with Crippen molar-refractivity contribution in [2.75, 3.05) is 6.54 Å². The minimum atomic E-state index is -0.213. The van der Waals surface area contributed by atoms with Crippen LogP contribution in [0.5, 0.6) is 0 Å². The molecule has 0 bridgehead atoms. The average molecular weight is 420 g/mol. The van der Waals surface area contributed by atoms with Gasteiger partial charge in [-0.05, 0) is 119 Å². The molecule has 2 atom stereocenters. The van der Waals surface area contributed by atoms with Crippen LogP contribution in [0.4, 0.5) is 0 Å². The molecule has 1 aliphatic heterocycles. The maximum Gasteiger partial charge on any atom is 0.0178 e. The summed E-state index contributed by atoms with van der Waals surface area (Å²) in [5, 5.41) is 4.10. The van der Waals surface area contributed by atoms with Crippen LogP contribution in [-0.4, -0.2) is 6.54 Å². The summed E-state index contributed by atoms with van der Waals surface area (Å²) in [6, 6.07) is 15.1. The molecule has 1 fully saturated rings. The third-order valence-corrected chi connectivity index (χ3v) is 10.8. The van der Waals surface area contributed by atoms with E-state index in [0.29, 0.717) is 0 Å². The van der Waals surface area contributed by atoms with E-state index in [-0.39, 0.29) is 8.07 Å². The minimum absolute atomic E-state index is 0.213. The first-order chi connectivity index (χ1) is 14.8. The summed E-state index contributed by atoms with van der Waals surface area (Å²) in [5.74, 6) is 0. The Morgan fingerprint density at radius 2 is 1.23 bits per heavy atom. The fourth-order valence-electron chi connectivity index (χ4n) is 5.99. The fraction of sp³-hybridized carbons (Fsp3) is 0.571. The molecule has 0 amide bonds. The lowest BCUT2D eigenvalue weighted by Crippen LogP contribution is -2.14. The van der Waals surface area contributed by atoms with Gasteiger partial charge in [0.15, 0.2) is 0 Å². The smallest absolute Gasteiger partial charge is 0.0178 e. The second-order valence-corrected chi connectivity index (χ2v) is 12.1. The average Bonchev–Trinajstić information content (AvgIpc) is 3.22. The molecular weight excluding hydrogens is 381 g/mol. The van der Waals surface area contributed by atoms with E-state index in [1.807, 2.05) is 0 Å². The quantitative estimate of drug-likeness (QED) is 0.372. The van der Waals surface area contributed by atoms with Crippen LogP contribution in [0.3, 0.4) is 0 Å². The van der Waals surface area contributed by atoms with Crippen molar-refractivity contribution in [1.82, 2.24) is 5.09 Å². The zero-order valence-corrected chi connectivity index (χ0v) is 19.7. The highest BCUT2D eigenvalue weighted by atomic mass is 31.1. The van der Waals surface area contributed by atoms with Crippen molar-refractivity contribution in [2.45, 2.75) is 95.3 Å². The van der Waals surface area contributed by atoms with E-state index in [1.165, 1.54) is 83.6 Å². The second-order valence-electron chi connectivity index (χ2n) is 9.75. The molecule has 2 aromatic rings. The Hall–Kier alpha value is -1.17. The summed E-state index contributed by atoms with van der Waals surface area (Å²) in [6.45, 7) is 3.50. The van der Waals surface area contributed by atoms with Crippen molar-refractivity contribution in [3.05, 3.63) is 69.8 Å². The molecule has 2 aromatic carbocycles. The van der Waals surface area contributed by atoms with Crippen LogP contribution in [-0.2, 0) is 25.7 Å². The molecule has 2 heteroatoms. The van der Waals surface area contributed by atoms with Crippen molar-refractivity contribution in [2.24, 2.45) is 0 Å². The Labute approximate surface area is 184 Å². The van der Waals surface area contributed by atoms with Gasteiger partial charge in [-0.1, -0.05) is 49.7 Å². The van der Waals surface area contributed by atoms with E-state index in [1.54, 1.807) is 33.4 Å². The van der Waals surface area contributed by atoms with Gasteiger partial charge in [-0.25, -0.2) is 0 Å². The minimum Gasteiger partial charge on any atom is -0.295 e. The third-order valence-electron chi connectivity index (χ3n) is 7.72. The van der Waals surface area contributed by atoms with Gasteiger partial charge in [0.2, 0.25) is 0 Å². The molecule has 0 saturated carbocycles. The van der Waals surface area contributed by atoms with E-state index in [9.17, 15) is 0 Å². The first-order valence-electron chi connectivity index (χ1n) is 12.6. The van der Waals surface area contributed by atoms with Crippen LogP contribution in [0.1, 0.15) is 103 Å². The highest BCUT2D eigenvalue weighted by molar-refractivity contribution is 7.56. The van der Waals surface area contributed by atoms with Crippen molar-refractivity contribution in [3.8, 4) is 0 Å². The third kappa shape index (κ3) is 4.26. The lowest BCUT2D eigenvalue weighted by atomic mass is 9.89. The molecule has 1 heterocycles. The van der Waals surface area contributed by atoms with Crippen molar-refractivity contribution < 1.29 is 0 Å². The SMILES string of the molecule is CCCCNP1[C@H](c2ccc3c(c2)CCCC3)CC[C@H]1c1ccc2c(c1)CCCC2. The largest absolute Gasteiger partial charge is 0.295 e. The number of unbranched alkanes of at least 4 members (excludes halogenated alkanes) is 1. The molecule has 1 nitrogen and oxygen atoms in total. The number of rotatable bonds is 6. The van der Waals surface area contributed by atoms with Gasteiger partial charge in [0, 0.05) is 11.3 Å². The molecule has 0 spiro atoms. The molecule has 5 rings (SSSR count). The molecule has 3 aliphatic rings. The predicted molar refractivity (Wildman–Crippen MR) is 131 cm³/mol. The number of fused-ring (bicyclic) bond motifs is 2. The highest BCUT2D eigenvalue weighted by Gasteiger charge is 2.37. The summed E-state index contributed by atoms with van der Waals surface area (Å²) < 4.78 is 0. The van der Waals surface area contributed by atoms with E-state index in [0.717, 1.165) is 11.3 Å². The Bertz CT molecular complexity index is 805. The normalized spacial score (nSPS) is 23.9. The van der Waals surface area contributed by atoms with Crippen molar-refractivity contribution >= 4 is 8.07 Å². The summed E-state index contributed by atoms with van der Waals surface area (Å²) in [5.41, 5.74) is 11.3. The number of aryl methyl sites for hydroxylation is 4. The number of benzene rings is 2. The lowest BCUT2D eigenvalue weighted by Gasteiger charge is -2.29. The van der Waals surface area contributed by atoms with Crippen LogP contribution < -0.4 is 5.09 Å². The monoisotopic (exact) mass is 419 g/mol. The number of hydrogen-bond acceptors (Lipinski definition) is 1. The van der Waals surface area contributed by atoms with Crippen molar-refractivity contribution in [3.63, 3.8) is 0 Å². The van der Waals surface area contributed by atoms with E-state index < -0.39 is 0 Å². The van der Waals surface area contributed by atoms with Gasteiger partial charge < -0.3 is 0 Å². The predicted octanol–water partition coefficient (Wildman–Crippen LogP) is 7.81. The second kappa shape index (κ2) is 9.54. The molecule has 0 radical (unpaired) electrons. The van der Waals surface area contributed by atoms with Crippen LogP contribution in [0.15, 0.2) is 36.4 Å². The van der Waals surface area contributed by atoms with Gasteiger partial charge >= 0.3 is 0 Å². The molecule has 2 aliphatic carbocycles. The summed E-state index contributed by atoms with van der Waals surface area (Å²) in [7, 11) is -0.213. The van der Waals surface area contributed by atoms with Gasteiger partial charge in [-0.2, -0.15) is 0 Å². The summed E-state index contributed by atoms with van der Waals surface area (Å²) in [4.78, 5) is 0. The highest BCUT2D eigenvalue weighted by Crippen LogP contribution is 2.68. The zero-order valence-electron chi connectivity index (χ0n) is 18.8. The molecule has 0 unspecified atom stereocenters. The van der Waals surface area contributed by atoms with Crippen LogP contribution >= 0.6 is 8.07 Å². The number of nitrogens with one attached hydrogen (secondary N) is 1. The van der Waals surface area contributed by atoms with Crippen LogP contribution in [0, 0.1) is 0 Å². The lowest BCUT2D eigenvalue weighted by molar-refractivity contribution is 0.681. The summed E-state index contributed by atoms with van der Waals surface area (Å²) >= 11 is 0. The first-order valence-corrected chi connectivity index (χ1v) is 14.1. The van der Waals surface area contributed by atoms with E-state index >= 15 is 0 Å². The Balaban J connectivity index is 1.42. The standard InChI is InChI=1S/C28H38NP/c1-2-3-18-29-30-27(25-14-12-21-8-4-6-10-23(21)19-25)16-17-28(30)26-15-13-22-9-5-7-11-24(22)20-26/h12-15,19-20,27-29H,2-11,16-18H2,1H3/t27-,28-/m0/s1. The topological polar surface area (TPSA) is 12.0 Å². The maximum absolute atomic E-state index is 4.10. The van der Waals surface area contributed by atoms with Gasteiger partial charge in [0.05, 0.1) is 0 Å². The van der Waals surface area contributed by atoms with Gasteiger partial charge in [0.1, 0.15) is 0 Å².